The number of nitrogens with one attached hydrogen (secondary N) is 1. The first kappa shape index (κ1) is 18.9. The number of carbonyl (C=O) groups is 1. The molecule has 142 valence electrons. The summed E-state index contributed by atoms with van der Waals surface area (Å²) in [5, 5.41) is 13.7. The monoisotopic (exact) mass is 378 g/mol. The highest BCUT2D eigenvalue weighted by atomic mass is 16.6. The number of hydrogen-bond donors (Lipinski definition) is 1. The fourth-order valence-electron chi connectivity index (χ4n) is 2.75. The number of non-ortho nitro benzene ring substituents is 1. The van der Waals surface area contributed by atoms with E-state index in [4.69, 9.17) is 9.47 Å². The van der Waals surface area contributed by atoms with Gasteiger partial charge in [0.25, 0.3) is 11.6 Å². The second-order valence-corrected chi connectivity index (χ2v) is 5.91. The van der Waals surface area contributed by atoms with E-state index in [1.165, 1.54) is 24.3 Å². The lowest BCUT2D eigenvalue weighted by Crippen LogP contribution is -2.12. The number of rotatable bonds is 6. The van der Waals surface area contributed by atoms with Crippen molar-refractivity contribution in [3.63, 3.8) is 0 Å². The first-order chi connectivity index (χ1) is 13.5. The first-order valence-electron chi connectivity index (χ1n) is 8.40. The molecule has 0 aromatic heterocycles. The van der Waals surface area contributed by atoms with Crippen LogP contribution in [0.3, 0.4) is 0 Å². The molecule has 0 radical (unpaired) electrons. The number of methoxy groups -OCH3 is 2. The summed E-state index contributed by atoms with van der Waals surface area (Å²) < 4.78 is 10.6. The van der Waals surface area contributed by atoms with Crippen LogP contribution in [-0.4, -0.2) is 25.1 Å². The number of amides is 1. The van der Waals surface area contributed by atoms with Gasteiger partial charge >= 0.3 is 0 Å². The standard InChI is InChI=1S/C21H18N2O5/c1-27-18-9-6-14(7-10-18)19-13-16(8-11-20(19)28-2)22-21(24)15-4-3-5-17(12-15)23(25)26/h3-13H,1-2H3,(H,22,24). The molecule has 0 spiro atoms. The van der Waals surface area contributed by atoms with E-state index in [9.17, 15) is 14.9 Å². The van der Waals surface area contributed by atoms with E-state index in [2.05, 4.69) is 5.32 Å². The Morgan fingerprint density at radius 1 is 0.964 bits per heavy atom. The Labute approximate surface area is 161 Å². The largest absolute Gasteiger partial charge is 0.497 e. The normalized spacial score (nSPS) is 10.2. The van der Waals surface area contributed by atoms with Crippen LogP contribution in [0.25, 0.3) is 11.1 Å². The van der Waals surface area contributed by atoms with Gasteiger partial charge in [-0.2, -0.15) is 0 Å². The number of carbonyl (C=O) groups excluding carboxylic acids is 1. The molecule has 0 aliphatic carbocycles. The highest BCUT2D eigenvalue weighted by molar-refractivity contribution is 6.05. The zero-order valence-corrected chi connectivity index (χ0v) is 15.3. The third kappa shape index (κ3) is 4.09. The van der Waals surface area contributed by atoms with Crippen molar-refractivity contribution in [2.24, 2.45) is 0 Å². The molecule has 0 fully saturated rings. The topological polar surface area (TPSA) is 90.7 Å². The summed E-state index contributed by atoms with van der Waals surface area (Å²) in [5.41, 5.74) is 2.30. The molecule has 7 nitrogen and oxygen atoms in total. The third-order valence-corrected chi connectivity index (χ3v) is 4.18. The zero-order valence-electron chi connectivity index (χ0n) is 15.3. The number of ether oxygens (including phenoxy) is 2. The molecular formula is C21H18N2O5. The quantitative estimate of drug-likeness (QED) is 0.503. The van der Waals surface area contributed by atoms with Gasteiger partial charge in [-0.1, -0.05) is 18.2 Å². The lowest BCUT2D eigenvalue weighted by Gasteiger charge is -2.12. The summed E-state index contributed by atoms with van der Waals surface area (Å²) in [7, 11) is 3.17. The molecule has 0 aliphatic heterocycles. The molecule has 1 N–H and O–H groups in total. The van der Waals surface area contributed by atoms with Crippen LogP contribution in [0.2, 0.25) is 0 Å². The van der Waals surface area contributed by atoms with Crippen molar-refractivity contribution in [2.75, 3.05) is 19.5 Å². The van der Waals surface area contributed by atoms with E-state index in [-0.39, 0.29) is 11.3 Å². The van der Waals surface area contributed by atoms with Gasteiger partial charge in [0.15, 0.2) is 0 Å². The predicted molar refractivity (Wildman–Crippen MR) is 106 cm³/mol. The predicted octanol–water partition coefficient (Wildman–Crippen LogP) is 4.53. The SMILES string of the molecule is COc1ccc(-c2cc(NC(=O)c3cccc([N+](=O)[O-])c3)ccc2OC)cc1. The number of nitro benzene ring substituents is 1. The average Bonchev–Trinajstić information content (AvgIpc) is 2.73. The minimum atomic E-state index is -0.536. The molecule has 0 atom stereocenters. The first-order valence-corrected chi connectivity index (χ1v) is 8.40. The fourth-order valence-corrected chi connectivity index (χ4v) is 2.75. The number of anilines is 1. The Morgan fingerprint density at radius 2 is 1.71 bits per heavy atom. The Kier molecular flexibility index (Phi) is 5.55. The highest BCUT2D eigenvalue weighted by Crippen LogP contribution is 2.33. The van der Waals surface area contributed by atoms with E-state index in [0.717, 1.165) is 16.9 Å². The Hall–Kier alpha value is -3.87. The summed E-state index contributed by atoms with van der Waals surface area (Å²) in [6.07, 6.45) is 0. The molecule has 0 saturated heterocycles. The van der Waals surface area contributed by atoms with E-state index >= 15 is 0 Å². The Morgan fingerprint density at radius 3 is 2.36 bits per heavy atom. The number of nitrogens with zero attached hydrogens (tertiary/aromatic N) is 1. The Bertz CT molecular complexity index is 1020. The van der Waals surface area contributed by atoms with Gasteiger partial charge in [0, 0.05) is 28.9 Å². The van der Waals surface area contributed by atoms with Crippen LogP contribution in [0.5, 0.6) is 11.5 Å². The van der Waals surface area contributed by atoms with Crippen molar-refractivity contribution < 1.29 is 19.2 Å². The summed E-state index contributed by atoms with van der Waals surface area (Å²) in [6.45, 7) is 0. The van der Waals surface area contributed by atoms with Crippen LogP contribution >= 0.6 is 0 Å². The maximum absolute atomic E-state index is 12.5. The maximum atomic E-state index is 12.5. The van der Waals surface area contributed by atoms with Crippen molar-refractivity contribution in [1.82, 2.24) is 0 Å². The van der Waals surface area contributed by atoms with Gasteiger partial charge in [-0.15, -0.1) is 0 Å². The summed E-state index contributed by atoms with van der Waals surface area (Å²) in [4.78, 5) is 22.9. The Balaban J connectivity index is 1.89. The molecular weight excluding hydrogens is 360 g/mol. The van der Waals surface area contributed by atoms with Gasteiger partial charge in [0.2, 0.25) is 0 Å². The second kappa shape index (κ2) is 8.22. The molecule has 0 unspecified atom stereocenters. The van der Waals surface area contributed by atoms with E-state index in [1.54, 1.807) is 32.4 Å². The van der Waals surface area contributed by atoms with Crippen molar-refractivity contribution >= 4 is 17.3 Å². The minimum Gasteiger partial charge on any atom is -0.497 e. The molecule has 1 amide bonds. The van der Waals surface area contributed by atoms with Crippen LogP contribution in [0, 0.1) is 10.1 Å². The molecule has 0 bridgehead atoms. The van der Waals surface area contributed by atoms with Crippen molar-refractivity contribution in [2.45, 2.75) is 0 Å². The van der Waals surface area contributed by atoms with Gasteiger partial charge < -0.3 is 14.8 Å². The van der Waals surface area contributed by atoms with Crippen molar-refractivity contribution in [3.8, 4) is 22.6 Å². The maximum Gasteiger partial charge on any atom is 0.270 e. The number of hydrogen-bond acceptors (Lipinski definition) is 5. The van der Waals surface area contributed by atoms with Crippen molar-refractivity contribution in [3.05, 3.63) is 82.4 Å². The van der Waals surface area contributed by atoms with E-state index in [1.807, 2.05) is 24.3 Å². The zero-order chi connectivity index (χ0) is 20.1. The molecule has 3 aromatic carbocycles. The minimum absolute atomic E-state index is 0.138. The fraction of sp³-hybridized carbons (Fsp3) is 0.0952. The molecule has 0 aliphatic rings. The highest BCUT2D eigenvalue weighted by Gasteiger charge is 2.13. The van der Waals surface area contributed by atoms with Crippen LogP contribution in [0.1, 0.15) is 10.4 Å². The smallest absolute Gasteiger partial charge is 0.270 e. The van der Waals surface area contributed by atoms with Gasteiger partial charge in [-0.25, -0.2) is 0 Å². The van der Waals surface area contributed by atoms with Crippen LogP contribution < -0.4 is 14.8 Å². The molecule has 28 heavy (non-hydrogen) atoms. The number of nitro groups is 1. The van der Waals surface area contributed by atoms with Gasteiger partial charge in [-0.05, 0) is 42.0 Å². The summed E-state index contributed by atoms with van der Waals surface area (Å²) >= 11 is 0. The molecule has 0 heterocycles. The third-order valence-electron chi connectivity index (χ3n) is 4.18. The van der Waals surface area contributed by atoms with E-state index in [0.29, 0.717) is 11.4 Å². The lowest BCUT2D eigenvalue weighted by molar-refractivity contribution is -0.384. The van der Waals surface area contributed by atoms with Crippen molar-refractivity contribution in [1.29, 1.82) is 0 Å². The second-order valence-electron chi connectivity index (χ2n) is 5.91. The summed E-state index contributed by atoms with van der Waals surface area (Å²) in [6, 6.07) is 18.3. The van der Waals surface area contributed by atoms with Crippen LogP contribution in [0.15, 0.2) is 66.7 Å². The average molecular weight is 378 g/mol. The lowest BCUT2D eigenvalue weighted by atomic mass is 10.0. The van der Waals surface area contributed by atoms with Gasteiger partial charge in [0.1, 0.15) is 11.5 Å². The van der Waals surface area contributed by atoms with E-state index < -0.39 is 10.8 Å². The van der Waals surface area contributed by atoms with Gasteiger partial charge in [0.05, 0.1) is 19.1 Å². The molecule has 3 aromatic rings. The van der Waals surface area contributed by atoms with Gasteiger partial charge in [-0.3, -0.25) is 14.9 Å². The molecule has 3 rings (SSSR count). The molecule has 7 heteroatoms. The van der Waals surface area contributed by atoms with Crippen LogP contribution in [-0.2, 0) is 0 Å². The summed E-state index contributed by atoms with van der Waals surface area (Å²) in [5.74, 6) is 0.950. The number of benzene rings is 3. The van der Waals surface area contributed by atoms with Crippen LogP contribution in [0.4, 0.5) is 11.4 Å². The molecule has 0 saturated carbocycles.